The number of hydrogen-bond donors (Lipinski definition) is 0. The molecular formula is C22H24ClNO5. The number of likely N-dealkylation sites (N-methyl/N-ethyl adjacent to an activating group) is 1. The molecule has 154 valence electrons. The first-order valence-corrected chi connectivity index (χ1v) is 9.71. The summed E-state index contributed by atoms with van der Waals surface area (Å²) in [6, 6.07) is 9.22. The molecule has 2 aromatic rings. The van der Waals surface area contributed by atoms with Crippen molar-refractivity contribution < 1.29 is 23.7 Å². The fourth-order valence-electron chi connectivity index (χ4n) is 2.98. The molecule has 2 aromatic carbocycles. The van der Waals surface area contributed by atoms with Gasteiger partial charge in [-0.3, -0.25) is 4.79 Å². The van der Waals surface area contributed by atoms with Crippen LogP contribution in [0.3, 0.4) is 0 Å². The number of benzene rings is 2. The molecule has 0 fully saturated rings. The van der Waals surface area contributed by atoms with Crippen molar-refractivity contribution in [1.82, 2.24) is 4.90 Å². The average Bonchev–Trinajstić information content (AvgIpc) is 2.72. The van der Waals surface area contributed by atoms with Crippen LogP contribution in [-0.2, 0) is 11.3 Å². The first-order valence-electron chi connectivity index (χ1n) is 9.34. The third-order valence-corrected chi connectivity index (χ3v) is 4.64. The number of methoxy groups -OCH3 is 1. The van der Waals surface area contributed by atoms with E-state index in [1.54, 1.807) is 30.2 Å². The molecule has 29 heavy (non-hydrogen) atoms. The molecule has 6 nitrogen and oxygen atoms in total. The van der Waals surface area contributed by atoms with Crippen LogP contribution in [-0.4, -0.2) is 44.8 Å². The molecule has 0 N–H and O–H groups in total. The Hall–Kier alpha value is -2.86. The molecule has 0 radical (unpaired) electrons. The van der Waals surface area contributed by atoms with Gasteiger partial charge in [0.2, 0.25) is 5.91 Å². The zero-order chi connectivity index (χ0) is 20.8. The molecule has 1 amide bonds. The fourth-order valence-corrected chi connectivity index (χ4v) is 3.27. The van der Waals surface area contributed by atoms with E-state index in [9.17, 15) is 4.79 Å². The lowest BCUT2D eigenvalue weighted by Crippen LogP contribution is -2.24. The molecule has 3 rings (SSSR count). The van der Waals surface area contributed by atoms with Crippen LogP contribution in [0.4, 0.5) is 0 Å². The molecule has 1 heterocycles. The number of carbonyl (C=O) groups excluding carboxylic acids is 1. The third-order valence-electron chi connectivity index (χ3n) is 4.36. The van der Waals surface area contributed by atoms with Gasteiger partial charge in [0.15, 0.2) is 23.0 Å². The van der Waals surface area contributed by atoms with Crippen LogP contribution >= 0.6 is 11.6 Å². The second-order valence-corrected chi connectivity index (χ2v) is 6.88. The summed E-state index contributed by atoms with van der Waals surface area (Å²) in [5.74, 6) is 2.33. The van der Waals surface area contributed by atoms with Crippen molar-refractivity contribution in [2.24, 2.45) is 0 Å². The molecule has 0 aliphatic carbocycles. The topological polar surface area (TPSA) is 57.2 Å². The molecule has 1 aliphatic rings. The average molecular weight is 418 g/mol. The summed E-state index contributed by atoms with van der Waals surface area (Å²) in [5, 5.41) is 0.426. The van der Waals surface area contributed by atoms with Crippen molar-refractivity contribution in [3.05, 3.63) is 52.6 Å². The molecule has 0 saturated carbocycles. The number of amides is 1. The summed E-state index contributed by atoms with van der Waals surface area (Å²) >= 11 is 6.26. The third kappa shape index (κ3) is 5.15. The summed E-state index contributed by atoms with van der Waals surface area (Å²) < 4.78 is 22.0. The highest BCUT2D eigenvalue weighted by atomic mass is 35.5. The summed E-state index contributed by atoms with van der Waals surface area (Å²) in [6.07, 6.45) is 3.21. The molecule has 0 bridgehead atoms. The van der Waals surface area contributed by atoms with Crippen LogP contribution in [0.2, 0.25) is 5.02 Å². The molecule has 0 spiro atoms. The van der Waals surface area contributed by atoms with Crippen molar-refractivity contribution in [3.8, 4) is 23.0 Å². The minimum Gasteiger partial charge on any atom is -0.491 e. The number of halogens is 1. The Morgan fingerprint density at radius 1 is 1.21 bits per heavy atom. The Bertz CT molecular complexity index is 912. The molecule has 0 aromatic heterocycles. The van der Waals surface area contributed by atoms with Gasteiger partial charge < -0.3 is 23.8 Å². The standard InChI is InChI=1S/C22H24ClNO5/c1-4-27-20-12-15(11-17(23)22(20)26-3)6-8-21(25)24(2)14-16-5-7-18-19(13-16)29-10-9-28-18/h5-8,11-13H,4,9-10,14H2,1-3H3/b8-6+. The van der Waals surface area contributed by atoms with Gasteiger partial charge in [0.1, 0.15) is 13.2 Å². The van der Waals surface area contributed by atoms with E-state index in [2.05, 4.69) is 0 Å². The van der Waals surface area contributed by atoms with Crippen LogP contribution in [0.25, 0.3) is 6.08 Å². The van der Waals surface area contributed by atoms with E-state index in [4.69, 9.17) is 30.5 Å². The zero-order valence-corrected chi connectivity index (χ0v) is 17.5. The highest BCUT2D eigenvalue weighted by Crippen LogP contribution is 2.36. The predicted octanol–water partition coefficient (Wildman–Crippen LogP) is 4.19. The number of hydrogen-bond acceptors (Lipinski definition) is 5. The van der Waals surface area contributed by atoms with E-state index in [0.29, 0.717) is 48.6 Å². The summed E-state index contributed by atoms with van der Waals surface area (Å²) in [7, 11) is 3.28. The largest absolute Gasteiger partial charge is 0.491 e. The maximum atomic E-state index is 12.5. The van der Waals surface area contributed by atoms with Gasteiger partial charge in [-0.1, -0.05) is 17.7 Å². The minimum atomic E-state index is -0.134. The van der Waals surface area contributed by atoms with Crippen LogP contribution in [0.5, 0.6) is 23.0 Å². The van der Waals surface area contributed by atoms with E-state index in [0.717, 1.165) is 16.9 Å². The number of nitrogens with zero attached hydrogens (tertiary/aromatic N) is 1. The lowest BCUT2D eigenvalue weighted by Gasteiger charge is -2.20. The normalized spacial score (nSPS) is 12.7. The summed E-state index contributed by atoms with van der Waals surface area (Å²) in [4.78, 5) is 14.1. The van der Waals surface area contributed by atoms with Gasteiger partial charge in [0.25, 0.3) is 0 Å². The van der Waals surface area contributed by atoms with Crippen LogP contribution in [0.15, 0.2) is 36.4 Å². The van der Waals surface area contributed by atoms with Gasteiger partial charge in [-0.15, -0.1) is 0 Å². The summed E-state index contributed by atoms with van der Waals surface area (Å²) in [5.41, 5.74) is 1.71. The van der Waals surface area contributed by atoms with E-state index in [1.165, 1.54) is 13.2 Å². The van der Waals surface area contributed by atoms with Crippen molar-refractivity contribution in [3.63, 3.8) is 0 Å². The fraction of sp³-hybridized carbons (Fsp3) is 0.318. The maximum absolute atomic E-state index is 12.5. The minimum absolute atomic E-state index is 0.134. The van der Waals surface area contributed by atoms with Crippen LogP contribution < -0.4 is 18.9 Å². The highest BCUT2D eigenvalue weighted by molar-refractivity contribution is 6.32. The zero-order valence-electron chi connectivity index (χ0n) is 16.7. The molecule has 0 atom stereocenters. The van der Waals surface area contributed by atoms with Crippen molar-refractivity contribution >= 4 is 23.6 Å². The smallest absolute Gasteiger partial charge is 0.246 e. The van der Waals surface area contributed by atoms with Crippen molar-refractivity contribution in [2.45, 2.75) is 13.5 Å². The summed E-state index contributed by atoms with van der Waals surface area (Å²) in [6.45, 7) is 3.90. The Kier molecular flexibility index (Phi) is 6.88. The maximum Gasteiger partial charge on any atom is 0.246 e. The Morgan fingerprint density at radius 3 is 2.69 bits per heavy atom. The Morgan fingerprint density at radius 2 is 1.97 bits per heavy atom. The number of rotatable bonds is 7. The van der Waals surface area contributed by atoms with E-state index >= 15 is 0 Å². The van der Waals surface area contributed by atoms with Crippen molar-refractivity contribution in [1.29, 1.82) is 0 Å². The highest BCUT2D eigenvalue weighted by Gasteiger charge is 2.14. The molecule has 0 saturated heterocycles. The van der Waals surface area contributed by atoms with E-state index in [1.807, 2.05) is 25.1 Å². The second-order valence-electron chi connectivity index (χ2n) is 6.47. The van der Waals surface area contributed by atoms with Crippen molar-refractivity contribution in [2.75, 3.05) is 34.0 Å². The van der Waals surface area contributed by atoms with Gasteiger partial charge in [-0.05, 0) is 48.4 Å². The first kappa shape index (κ1) is 20.9. The van der Waals surface area contributed by atoms with Gasteiger partial charge in [-0.25, -0.2) is 0 Å². The van der Waals surface area contributed by atoms with Gasteiger partial charge in [0.05, 0.1) is 18.7 Å². The van der Waals surface area contributed by atoms with Gasteiger partial charge in [-0.2, -0.15) is 0 Å². The monoisotopic (exact) mass is 417 g/mol. The van der Waals surface area contributed by atoms with E-state index in [-0.39, 0.29) is 5.91 Å². The molecular weight excluding hydrogens is 394 g/mol. The van der Waals surface area contributed by atoms with Crippen LogP contribution in [0.1, 0.15) is 18.1 Å². The Balaban J connectivity index is 1.68. The van der Waals surface area contributed by atoms with E-state index < -0.39 is 0 Å². The second kappa shape index (κ2) is 9.56. The van der Waals surface area contributed by atoms with Crippen LogP contribution in [0, 0.1) is 0 Å². The lowest BCUT2D eigenvalue weighted by atomic mass is 10.1. The predicted molar refractivity (Wildman–Crippen MR) is 112 cm³/mol. The van der Waals surface area contributed by atoms with Gasteiger partial charge >= 0.3 is 0 Å². The number of fused-ring (bicyclic) bond motifs is 1. The molecule has 1 aliphatic heterocycles. The quantitative estimate of drug-likeness (QED) is 0.632. The number of ether oxygens (including phenoxy) is 4. The Labute approximate surface area is 175 Å². The lowest BCUT2D eigenvalue weighted by molar-refractivity contribution is -0.125. The molecule has 0 unspecified atom stereocenters. The SMILES string of the molecule is CCOc1cc(/C=C/C(=O)N(C)Cc2ccc3c(c2)OCCO3)cc(Cl)c1OC. The molecule has 7 heteroatoms. The first-order chi connectivity index (χ1) is 14.0. The number of carbonyl (C=O) groups is 1. The van der Waals surface area contributed by atoms with Gasteiger partial charge in [0, 0.05) is 19.7 Å².